The Bertz CT molecular complexity index is 403. The summed E-state index contributed by atoms with van der Waals surface area (Å²) in [5.74, 6) is 0.0798. The summed E-state index contributed by atoms with van der Waals surface area (Å²) in [6.07, 6.45) is 3.10. The quantitative estimate of drug-likeness (QED) is 0.718. The third-order valence-corrected chi connectivity index (χ3v) is 3.22. The third-order valence-electron chi connectivity index (χ3n) is 3.22. The van der Waals surface area contributed by atoms with Gasteiger partial charge in [0.05, 0.1) is 6.54 Å². The molecular weight excluding hydrogens is 250 g/mol. The van der Waals surface area contributed by atoms with Crippen LogP contribution in [0.4, 0.5) is 11.4 Å². The van der Waals surface area contributed by atoms with E-state index in [4.69, 9.17) is 5.73 Å². The number of nitrogen functional groups attached to an aromatic ring is 1. The number of rotatable bonds is 8. The lowest BCUT2D eigenvalue weighted by Crippen LogP contribution is -2.41. The monoisotopic (exact) mass is 277 g/mol. The van der Waals surface area contributed by atoms with E-state index in [1.807, 2.05) is 24.3 Å². The van der Waals surface area contributed by atoms with Crippen molar-refractivity contribution in [2.45, 2.75) is 46.1 Å². The van der Waals surface area contributed by atoms with Crippen LogP contribution in [0.25, 0.3) is 0 Å². The number of carbonyl (C=O) groups excluding carboxylic acids is 1. The predicted octanol–water partition coefficient (Wildman–Crippen LogP) is 2.79. The molecule has 1 aromatic rings. The van der Waals surface area contributed by atoms with Crippen LogP contribution in [0.15, 0.2) is 24.3 Å². The Labute approximate surface area is 122 Å². The van der Waals surface area contributed by atoms with Crippen molar-refractivity contribution in [3.63, 3.8) is 0 Å². The van der Waals surface area contributed by atoms with Gasteiger partial charge in [-0.15, -0.1) is 0 Å². The van der Waals surface area contributed by atoms with Crippen molar-refractivity contribution in [1.29, 1.82) is 0 Å². The maximum absolute atomic E-state index is 12.1. The second kappa shape index (κ2) is 8.46. The Morgan fingerprint density at radius 1 is 1.25 bits per heavy atom. The molecule has 0 saturated heterocycles. The maximum Gasteiger partial charge on any atom is 0.239 e. The van der Waals surface area contributed by atoms with Crippen LogP contribution in [-0.4, -0.2) is 25.0 Å². The van der Waals surface area contributed by atoms with Gasteiger partial charge >= 0.3 is 0 Å². The molecule has 4 heteroatoms. The highest BCUT2D eigenvalue weighted by Gasteiger charge is 2.12. The minimum Gasteiger partial charge on any atom is -0.399 e. The van der Waals surface area contributed by atoms with Crippen LogP contribution in [0.1, 0.15) is 40.0 Å². The molecule has 20 heavy (non-hydrogen) atoms. The number of carbonyl (C=O) groups is 1. The minimum absolute atomic E-state index is 0.0798. The van der Waals surface area contributed by atoms with E-state index in [0.717, 1.165) is 37.2 Å². The molecular formula is C16H27N3O. The zero-order valence-electron chi connectivity index (χ0n) is 12.9. The van der Waals surface area contributed by atoms with E-state index >= 15 is 0 Å². The lowest BCUT2D eigenvalue weighted by Gasteiger charge is -2.25. The lowest BCUT2D eigenvalue weighted by molar-refractivity contribution is -0.120. The zero-order valence-corrected chi connectivity index (χ0v) is 12.9. The molecule has 0 aromatic heterocycles. The highest BCUT2D eigenvalue weighted by Crippen LogP contribution is 2.16. The SMILES string of the molecule is CCCC(C)NC(=O)CN(CCC)c1ccc(N)cc1. The van der Waals surface area contributed by atoms with E-state index in [-0.39, 0.29) is 11.9 Å². The van der Waals surface area contributed by atoms with Gasteiger partial charge in [-0.1, -0.05) is 20.3 Å². The van der Waals surface area contributed by atoms with Gasteiger partial charge in [0, 0.05) is 24.0 Å². The van der Waals surface area contributed by atoms with Crippen LogP contribution in [0.5, 0.6) is 0 Å². The van der Waals surface area contributed by atoms with Crippen LogP contribution in [0.3, 0.4) is 0 Å². The molecule has 1 unspecified atom stereocenters. The van der Waals surface area contributed by atoms with Gasteiger partial charge in [0.1, 0.15) is 0 Å². The largest absolute Gasteiger partial charge is 0.399 e. The van der Waals surface area contributed by atoms with E-state index in [1.54, 1.807) is 0 Å². The zero-order chi connectivity index (χ0) is 15.0. The highest BCUT2D eigenvalue weighted by atomic mass is 16.2. The number of nitrogens with one attached hydrogen (secondary N) is 1. The van der Waals surface area contributed by atoms with Gasteiger partial charge in [0.25, 0.3) is 0 Å². The summed E-state index contributed by atoms with van der Waals surface area (Å²) in [4.78, 5) is 14.2. The van der Waals surface area contributed by atoms with Gasteiger partial charge < -0.3 is 16.0 Å². The highest BCUT2D eigenvalue weighted by molar-refractivity contribution is 5.81. The van der Waals surface area contributed by atoms with Crippen molar-refractivity contribution in [2.24, 2.45) is 0 Å². The number of anilines is 2. The molecule has 0 aliphatic carbocycles. The second-order valence-corrected chi connectivity index (χ2v) is 5.27. The number of nitrogens with zero attached hydrogens (tertiary/aromatic N) is 1. The van der Waals surface area contributed by atoms with Crippen molar-refractivity contribution in [1.82, 2.24) is 5.32 Å². The summed E-state index contributed by atoms with van der Waals surface area (Å²) in [6.45, 7) is 7.54. The van der Waals surface area contributed by atoms with E-state index in [2.05, 4.69) is 31.0 Å². The molecule has 1 amide bonds. The van der Waals surface area contributed by atoms with Crippen LogP contribution >= 0.6 is 0 Å². The van der Waals surface area contributed by atoms with Crippen LogP contribution in [-0.2, 0) is 4.79 Å². The van der Waals surface area contributed by atoms with Crippen molar-refractivity contribution in [3.8, 4) is 0 Å². The topological polar surface area (TPSA) is 58.4 Å². The number of hydrogen-bond acceptors (Lipinski definition) is 3. The maximum atomic E-state index is 12.1. The molecule has 0 aliphatic rings. The minimum atomic E-state index is 0.0798. The number of amides is 1. The van der Waals surface area contributed by atoms with Crippen molar-refractivity contribution in [3.05, 3.63) is 24.3 Å². The third kappa shape index (κ3) is 5.51. The van der Waals surface area contributed by atoms with Gasteiger partial charge in [-0.05, 0) is 44.0 Å². The number of benzene rings is 1. The number of hydrogen-bond donors (Lipinski definition) is 2. The first kappa shape index (κ1) is 16.3. The molecule has 1 aromatic carbocycles. The summed E-state index contributed by atoms with van der Waals surface area (Å²) in [7, 11) is 0. The second-order valence-electron chi connectivity index (χ2n) is 5.27. The molecule has 0 spiro atoms. The fraction of sp³-hybridized carbons (Fsp3) is 0.562. The molecule has 1 atom stereocenters. The molecule has 4 nitrogen and oxygen atoms in total. The fourth-order valence-corrected chi connectivity index (χ4v) is 2.25. The van der Waals surface area contributed by atoms with Gasteiger partial charge in [-0.3, -0.25) is 4.79 Å². The van der Waals surface area contributed by atoms with E-state index < -0.39 is 0 Å². The van der Waals surface area contributed by atoms with E-state index in [0.29, 0.717) is 6.54 Å². The summed E-state index contributed by atoms with van der Waals surface area (Å²) < 4.78 is 0. The summed E-state index contributed by atoms with van der Waals surface area (Å²) in [5, 5.41) is 3.05. The van der Waals surface area contributed by atoms with Gasteiger partial charge in [-0.2, -0.15) is 0 Å². The molecule has 0 aliphatic heterocycles. The van der Waals surface area contributed by atoms with Gasteiger partial charge in [-0.25, -0.2) is 0 Å². The van der Waals surface area contributed by atoms with Crippen LogP contribution in [0.2, 0.25) is 0 Å². The predicted molar refractivity (Wildman–Crippen MR) is 85.9 cm³/mol. The smallest absolute Gasteiger partial charge is 0.239 e. The molecule has 0 saturated carbocycles. The van der Waals surface area contributed by atoms with Crippen LogP contribution in [0, 0.1) is 0 Å². The average molecular weight is 277 g/mol. The Morgan fingerprint density at radius 3 is 2.45 bits per heavy atom. The van der Waals surface area contributed by atoms with E-state index in [1.165, 1.54) is 0 Å². The fourth-order valence-electron chi connectivity index (χ4n) is 2.25. The molecule has 0 bridgehead atoms. The van der Waals surface area contributed by atoms with Crippen molar-refractivity contribution in [2.75, 3.05) is 23.7 Å². The van der Waals surface area contributed by atoms with Crippen LogP contribution < -0.4 is 16.0 Å². The normalized spacial score (nSPS) is 11.9. The molecule has 3 N–H and O–H groups in total. The lowest BCUT2D eigenvalue weighted by atomic mass is 10.2. The van der Waals surface area contributed by atoms with Crippen molar-refractivity contribution < 1.29 is 4.79 Å². The van der Waals surface area contributed by atoms with Gasteiger partial charge in [0.15, 0.2) is 0 Å². The standard InChI is InChI=1S/C16H27N3O/c1-4-6-13(3)18-16(20)12-19(11-5-2)15-9-7-14(17)8-10-15/h7-10,13H,4-6,11-12,17H2,1-3H3,(H,18,20). The average Bonchev–Trinajstić information content (AvgIpc) is 2.39. The number of nitrogens with two attached hydrogens (primary N) is 1. The first-order chi connectivity index (χ1) is 9.56. The molecule has 0 fully saturated rings. The van der Waals surface area contributed by atoms with Crippen molar-refractivity contribution >= 4 is 17.3 Å². The Balaban J connectivity index is 2.62. The first-order valence-corrected chi connectivity index (χ1v) is 7.46. The molecule has 112 valence electrons. The molecule has 0 heterocycles. The summed E-state index contributed by atoms with van der Waals surface area (Å²) in [5.41, 5.74) is 7.49. The summed E-state index contributed by atoms with van der Waals surface area (Å²) in [6, 6.07) is 7.91. The molecule has 1 rings (SSSR count). The Kier molecular flexibility index (Phi) is 6.91. The van der Waals surface area contributed by atoms with Gasteiger partial charge in [0.2, 0.25) is 5.91 Å². The Hall–Kier alpha value is -1.71. The van der Waals surface area contributed by atoms with E-state index in [9.17, 15) is 4.79 Å². The first-order valence-electron chi connectivity index (χ1n) is 7.46. The molecule has 0 radical (unpaired) electrons. The Morgan fingerprint density at radius 2 is 1.90 bits per heavy atom. The summed E-state index contributed by atoms with van der Waals surface area (Å²) >= 11 is 0.